The van der Waals surface area contributed by atoms with Gasteiger partial charge in [-0.25, -0.2) is 4.57 Å². The summed E-state index contributed by atoms with van der Waals surface area (Å²) in [5.41, 5.74) is 5.42. The molecule has 0 spiro atoms. The van der Waals surface area contributed by atoms with Crippen LogP contribution in [0.4, 0.5) is 0 Å². The molecule has 0 heterocycles. The monoisotopic (exact) mass is 1450 g/mol. The smallest absolute Gasteiger partial charge is 0.462 e. The molecule has 10 heteroatoms. The number of hydrogen-bond donors (Lipinski definition) is 2. The molecule has 0 rings (SSSR count). The number of carbonyl (C=O) groups is 2. The Morgan fingerprint density at radius 2 is 0.505 bits per heavy atom. The van der Waals surface area contributed by atoms with Crippen molar-refractivity contribution in [3.8, 4) is 0 Å². The van der Waals surface area contributed by atoms with E-state index in [4.69, 9.17) is 24.3 Å². The molecular weight excluding hydrogens is 1290 g/mol. The molecule has 0 aliphatic rings. The fourth-order valence-electron chi connectivity index (χ4n) is 12.2. The summed E-state index contributed by atoms with van der Waals surface area (Å²) in [5, 5.41) is 0. The molecule has 0 amide bonds. The Hall–Kier alpha value is -4.37. The fourth-order valence-corrected chi connectivity index (χ4v) is 12.9. The van der Waals surface area contributed by atoms with Gasteiger partial charge in [-0.2, -0.15) is 0 Å². The van der Waals surface area contributed by atoms with E-state index in [1.165, 1.54) is 231 Å². The summed E-state index contributed by atoms with van der Waals surface area (Å²) in [6.07, 6.45) is 127. The maximum Gasteiger partial charge on any atom is 0.472 e. The lowest BCUT2D eigenvalue weighted by Gasteiger charge is -2.19. The van der Waals surface area contributed by atoms with E-state index in [-0.39, 0.29) is 38.6 Å². The van der Waals surface area contributed by atoms with Gasteiger partial charge in [0.25, 0.3) is 0 Å². The van der Waals surface area contributed by atoms with Crippen molar-refractivity contribution in [1.29, 1.82) is 0 Å². The molecule has 590 valence electrons. The van der Waals surface area contributed by atoms with Gasteiger partial charge in [-0.3, -0.25) is 18.6 Å². The topological polar surface area (TPSA) is 134 Å². The Labute approximate surface area is 636 Å². The van der Waals surface area contributed by atoms with Gasteiger partial charge in [-0.15, -0.1) is 0 Å². The van der Waals surface area contributed by atoms with Gasteiger partial charge in [0.1, 0.15) is 6.61 Å². The zero-order valence-corrected chi connectivity index (χ0v) is 67.7. The van der Waals surface area contributed by atoms with Gasteiger partial charge in [0, 0.05) is 19.4 Å². The van der Waals surface area contributed by atoms with Gasteiger partial charge in [0.2, 0.25) is 0 Å². The maximum atomic E-state index is 12.8. The summed E-state index contributed by atoms with van der Waals surface area (Å²) in [4.78, 5) is 35.5. The zero-order valence-electron chi connectivity index (χ0n) is 66.8. The molecule has 0 saturated heterocycles. The Bertz CT molecular complexity index is 2260. The number of nitrogens with two attached hydrogens (primary N) is 1. The lowest BCUT2D eigenvalue weighted by Crippen LogP contribution is -2.29. The first kappa shape index (κ1) is 98.6. The highest BCUT2D eigenvalue weighted by Crippen LogP contribution is 2.43. The molecule has 103 heavy (non-hydrogen) atoms. The summed E-state index contributed by atoms with van der Waals surface area (Å²) in [6, 6.07) is 0. The Morgan fingerprint density at radius 3 is 0.748 bits per heavy atom. The Morgan fingerprint density at radius 1 is 0.291 bits per heavy atom. The number of ether oxygens (including phenoxy) is 2. The van der Waals surface area contributed by atoms with Gasteiger partial charge >= 0.3 is 19.8 Å². The SMILES string of the molecule is CC/C=C\C/C=C\C/C=C\C/C=C\C/C=C\C/C=C\C/C=C\C/C=C\C/C=C\CCCCCCCCCCCCCCCC(=O)OC(COC(=O)CCCCCCCCCCCCCCCCCCCCCCCCCCCCCC/C=C\C/C=C\C/C=C\C/C=C\CC)COP(=O)(O)OCCN. The molecule has 0 fully saturated rings. The molecular formula is C93H160NO8P. The van der Waals surface area contributed by atoms with E-state index in [0.717, 1.165) is 122 Å². The summed E-state index contributed by atoms with van der Waals surface area (Å²) in [5.74, 6) is -0.818. The lowest BCUT2D eigenvalue weighted by atomic mass is 10.0. The number of phosphoric acid groups is 1. The van der Waals surface area contributed by atoms with Crippen LogP contribution in [0, 0.1) is 0 Å². The predicted molar refractivity (Wildman–Crippen MR) is 450 cm³/mol. The van der Waals surface area contributed by atoms with E-state index in [0.29, 0.717) is 6.42 Å². The van der Waals surface area contributed by atoms with Gasteiger partial charge in [-0.05, 0) is 122 Å². The van der Waals surface area contributed by atoms with Crippen molar-refractivity contribution in [2.75, 3.05) is 26.4 Å². The van der Waals surface area contributed by atoms with Crippen LogP contribution < -0.4 is 5.73 Å². The average Bonchev–Trinajstić information content (AvgIpc) is 0.970. The molecule has 2 atom stereocenters. The Balaban J connectivity index is 3.80. The highest BCUT2D eigenvalue weighted by molar-refractivity contribution is 7.47. The molecule has 0 saturated carbocycles. The molecule has 0 aliphatic carbocycles. The molecule has 0 aromatic heterocycles. The minimum Gasteiger partial charge on any atom is -0.462 e. The average molecular weight is 1450 g/mol. The Kier molecular flexibility index (Phi) is 82.9. The van der Waals surface area contributed by atoms with Gasteiger partial charge in [0.05, 0.1) is 13.2 Å². The van der Waals surface area contributed by atoms with Crippen LogP contribution in [0.15, 0.2) is 158 Å². The molecule has 0 aliphatic heterocycles. The standard InChI is InChI=1S/C93H160NO8P/c1-3-5-7-9-11-13-15-17-19-21-23-25-27-29-31-33-35-37-39-41-43-45-47-49-51-53-55-57-59-61-63-65-67-69-71-73-75-77-79-81-83-85-92(95)99-89-91(90-101-103(97,98)100-88-87-94)102-93(96)86-84-82-80-78-76-74-72-70-68-66-64-62-60-58-56-54-52-50-48-46-44-42-40-38-36-34-32-30-28-26-24-22-20-18-16-14-12-10-8-6-4-2/h5-8,11-14,17-20,23-26,30,32,36,38,42,44,48,50,54,56,91H,3-4,9-10,15-16,21-22,27-29,31,33-35,37,39-41,43,45-47,49,51-53,55,57-90,94H2,1-2H3,(H,97,98)/b7-5-,8-6-,13-11-,14-12-,19-17-,20-18-,25-23-,26-24-,32-30-,38-36-,44-42-,50-48-,56-54-. The second-order valence-corrected chi connectivity index (χ2v) is 29.7. The first-order valence-electron chi connectivity index (χ1n) is 43.0. The van der Waals surface area contributed by atoms with Crippen LogP contribution in [0.25, 0.3) is 0 Å². The van der Waals surface area contributed by atoms with E-state index < -0.39 is 26.5 Å². The van der Waals surface area contributed by atoms with E-state index >= 15 is 0 Å². The predicted octanol–water partition coefficient (Wildman–Crippen LogP) is 29.4. The third kappa shape index (κ3) is 86.4. The number of esters is 2. The number of carbonyl (C=O) groups excluding carboxylic acids is 2. The summed E-state index contributed by atoms with van der Waals surface area (Å²) >= 11 is 0. The quantitative estimate of drug-likeness (QED) is 0.0264. The van der Waals surface area contributed by atoms with Crippen LogP contribution in [-0.2, 0) is 32.7 Å². The molecule has 0 aromatic rings. The van der Waals surface area contributed by atoms with E-state index in [1.54, 1.807) is 0 Å². The van der Waals surface area contributed by atoms with Gasteiger partial charge in [0.15, 0.2) is 6.10 Å². The largest absolute Gasteiger partial charge is 0.472 e. The van der Waals surface area contributed by atoms with Crippen molar-refractivity contribution in [2.45, 2.75) is 392 Å². The van der Waals surface area contributed by atoms with Crippen molar-refractivity contribution in [3.63, 3.8) is 0 Å². The first-order valence-corrected chi connectivity index (χ1v) is 44.5. The highest BCUT2D eigenvalue weighted by atomic mass is 31.2. The summed E-state index contributed by atoms with van der Waals surface area (Å²) in [7, 11) is -4.41. The zero-order chi connectivity index (χ0) is 74.3. The maximum absolute atomic E-state index is 12.8. The molecule has 0 bridgehead atoms. The number of phosphoric ester groups is 1. The summed E-state index contributed by atoms with van der Waals surface area (Å²) < 4.78 is 33.3. The first-order chi connectivity index (χ1) is 50.8. The minimum atomic E-state index is -4.41. The third-order valence-corrected chi connectivity index (χ3v) is 19.4. The van der Waals surface area contributed by atoms with Crippen LogP contribution in [0.5, 0.6) is 0 Å². The normalized spacial score (nSPS) is 13.6. The van der Waals surface area contributed by atoms with E-state index in [9.17, 15) is 19.0 Å². The van der Waals surface area contributed by atoms with Crippen molar-refractivity contribution < 1.29 is 37.6 Å². The van der Waals surface area contributed by atoms with Crippen LogP contribution in [0.3, 0.4) is 0 Å². The van der Waals surface area contributed by atoms with E-state index in [2.05, 4.69) is 172 Å². The molecule has 2 unspecified atom stereocenters. The summed E-state index contributed by atoms with van der Waals surface area (Å²) in [6.45, 7) is 3.55. The van der Waals surface area contributed by atoms with Gasteiger partial charge < -0.3 is 20.1 Å². The van der Waals surface area contributed by atoms with Crippen molar-refractivity contribution in [1.82, 2.24) is 0 Å². The number of unbranched alkanes of at least 4 members (excludes halogenated alkanes) is 41. The molecule has 0 aromatic carbocycles. The lowest BCUT2D eigenvalue weighted by molar-refractivity contribution is -0.161. The van der Waals surface area contributed by atoms with Crippen LogP contribution >= 0.6 is 7.82 Å². The number of hydrogen-bond acceptors (Lipinski definition) is 8. The highest BCUT2D eigenvalue weighted by Gasteiger charge is 2.26. The van der Waals surface area contributed by atoms with Crippen LogP contribution in [0.1, 0.15) is 386 Å². The minimum absolute atomic E-state index is 0.0498. The molecule has 0 radical (unpaired) electrons. The fraction of sp³-hybridized carbons (Fsp3) is 0.699. The van der Waals surface area contributed by atoms with E-state index in [1.807, 2.05) is 0 Å². The van der Waals surface area contributed by atoms with Gasteiger partial charge in [-0.1, -0.05) is 409 Å². The number of allylic oxidation sites excluding steroid dienone is 26. The van der Waals surface area contributed by atoms with Crippen molar-refractivity contribution in [3.05, 3.63) is 158 Å². The molecule has 9 nitrogen and oxygen atoms in total. The second kappa shape index (κ2) is 86.5. The van der Waals surface area contributed by atoms with Crippen molar-refractivity contribution >= 4 is 19.8 Å². The van der Waals surface area contributed by atoms with Crippen LogP contribution in [0.2, 0.25) is 0 Å². The third-order valence-electron chi connectivity index (χ3n) is 18.4. The molecule has 3 N–H and O–H groups in total. The van der Waals surface area contributed by atoms with Crippen molar-refractivity contribution in [2.24, 2.45) is 5.73 Å². The van der Waals surface area contributed by atoms with Crippen LogP contribution in [-0.4, -0.2) is 49.3 Å². The number of rotatable bonds is 80. The second-order valence-electron chi connectivity index (χ2n) is 28.3.